The average Bonchev–Trinajstić information content (AvgIpc) is 3.21. The topological polar surface area (TPSA) is 29.5 Å². The summed E-state index contributed by atoms with van der Waals surface area (Å²) in [5.74, 6) is 0.821. The summed E-state index contributed by atoms with van der Waals surface area (Å²) in [5, 5.41) is 0. The lowest BCUT2D eigenvalue weighted by molar-refractivity contribution is 0.0680. The molecule has 0 aromatic heterocycles. The molecule has 4 heteroatoms. The summed E-state index contributed by atoms with van der Waals surface area (Å²) in [5.41, 5.74) is 1.73. The summed E-state index contributed by atoms with van der Waals surface area (Å²) in [6, 6.07) is 5.70. The Labute approximate surface area is 123 Å². The molecule has 104 valence electrons. The Balaban J connectivity index is 1.84. The van der Waals surface area contributed by atoms with Crippen LogP contribution in [0.25, 0.3) is 0 Å². The molecule has 0 spiro atoms. The van der Waals surface area contributed by atoms with Crippen molar-refractivity contribution < 1.29 is 9.53 Å². The first-order chi connectivity index (χ1) is 9.09. The highest BCUT2D eigenvalue weighted by molar-refractivity contribution is 9.10. The third-order valence-electron chi connectivity index (χ3n) is 3.47. The second kappa shape index (κ2) is 6.53. The molecule has 0 N–H and O–H groups in total. The second-order valence-corrected chi connectivity index (χ2v) is 6.01. The zero-order valence-corrected chi connectivity index (χ0v) is 13.1. The van der Waals surface area contributed by atoms with E-state index >= 15 is 0 Å². The summed E-state index contributed by atoms with van der Waals surface area (Å²) in [6.07, 6.45) is 2.60. The van der Waals surface area contributed by atoms with Crippen molar-refractivity contribution in [2.45, 2.75) is 19.8 Å². The molecule has 0 saturated heterocycles. The Morgan fingerprint density at radius 2 is 2.21 bits per heavy atom. The van der Waals surface area contributed by atoms with Gasteiger partial charge in [0.2, 0.25) is 0 Å². The van der Waals surface area contributed by atoms with Crippen LogP contribution in [-0.2, 0) is 4.74 Å². The lowest BCUT2D eigenvalue weighted by Crippen LogP contribution is -2.30. The zero-order chi connectivity index (χ0) is 13.8. The molecule has 1 saturated carbocycles. The molecule has 19 heavy (non-hydrogen) atoms. The van der Waals surface area contributed by atoms with Gasteiger partial charge in [-0.25, -0.2) is 0 Å². The van der Waals surface area contributed by atoms with E-state index in [1.807, 2.05) is 32.2 Å². The number of halogens is 1. The molecule has 2 rings (SSSR count). The Bertz CT molecular complexity index is 457. The fourth-order valence-corrected chi connectivity index (χ4v) is 2.25. The van der Waals surface area contributed by atoms with Crippen LogP contribution >= 0.6 is 15.9 Å². The van der Waals surface area contributed by atoms with Gasteiger partial charge in [0.05, 0.1) is 6.61 Å². The highest BCUT2D eigenvalue weighted by atomic mass is 79.9. The van der Waals surface area contributed by atoms with Crippen LogP contribution in [0.4, 0.5) is 0 Å². The van der Waals surface area contributed by atoms with Crippen molar-refractivity contribution in [2.75, 3.05) is 26.8 Å². The van der Waals surface area contributed by atoms with E-state index in [2.05, 4.69) is 15.9 Å². The largest absolute Gasteiger partial charge is 0.379 e. The van der Waals surface area contributed by atoms with Crippen molar-refractivity contribution in [3.63, 3.8) is 0 Å². The smallest absolute Gasteiger partial charge is 0.253 e. The molecule has 1 aromatic rings. The number of hydrogen-bond donors (Lipinski definition) is 0. The van der Waals surface area contributed by atoms with Gasteiger partial charge >= 0.3 is 0 Å². The Kier molecular flexibility index (Phi) is 4.99. The number of nitrogens with zero attached hydrogens (tertiary/aromatic N) is 1. The molecule has 1 fully saturated rings. The highest BCUT2D eigenvalue weighted by Gasteiger charge is 2.21. The average molecular weight is 326 g/mol. The lowest BCUT2D eigenvalue weighted by Gasteiger charge is -2.18. The molecule has 1 aromatic carbocycles. The van der Waals surface area contributed by atoms with Crippen LogP contribution in [0, 0.1) is 12.8 Å². The fraction of sp³-hybridized carbons (Fsp3) is 0.533. The quantitative estimate of drug-likeness (QED) is 0.751. The molecule has 1 aliphatic rings. The summed E-state index contributed by atoms with van der Waals surface area (Å²) in [6.45, 7) is 4.05. The first-order valence-corrected chi connectivity index (χ1v) is 7.47. The van der Waals surface area contributed by atoms with Crippen LogP contribution in [0.3, 0.4) is 0 Å². The van der Waals surface area contributed by atoms with Crippen molar-refractivity contribution in [2.24, 2.45) is 5.92 Å². The van der Waals surface area contributed by atoms with E-state index in [0.717, 1.165) is 28.1 Å². The monoisotopic (exact) mass is 325 g/mol. The van der Waals surface area contributed by atoms with Gasteiger partial charge in [-0.2, -0.15) is 0 Å². The number of rotatable bonds is 6. The minimum absolute atomic E-state index is 0.0498. The van der Waals surface area contributed by atoms with Crippen molar-refractivity contribution in [1.29, 1.82) is 0 Å². The third kappa shape index (κ3) is 4.05. The summed E-state index contributed by atoms with van der Waals surface area (Å²) in [7, 11) is 1.82. The molecule has 1 aliphatic carbocycles. The molecule has 0 aliphatic heterocycles. The maximum Gasteiger partial charge on any atom is 0.253 e. The van der Waals surface area contributed by atoms with E-state index in [4.69, 9.17) is 4.74 Å². The number of benzene rings is 1. The summed E-state index contributed by atoms with van der Waals surface area (Å²) >= 11 is 3.45. The van der Waals surface area contributed by atoms with Crippen molar-refractivity contribution in [1.82, 2.24) is 4.90 Å². The number of ether oxygens (including phenoxy) is 1. The van der Waals surface area contributed by atoms with Gasteiger partial charge in [0, 0.05) is 30.2 Å². The molecular formula is C15H20BrNO2. The minimum atomic E-state index is 0.0498. The molecule has 0 unspecified atom stereocenters. The molecule has 0 atom stereocenters. The second-order valence-electron chi connectivity index (χ2n) is 5.16. The molecular weight excluding hydrogens is 306 g/mol. The summed E-state index contributed by atoms with van der Waals surface area (Å²) < 4.78 is 6.53. The predicted molar refractivity (Wildman–Crippen MR) is 79.4 cm³/mol. The van der Waals surface area contributed by atoms with Crippen LogP contribution in [-0.4, -0.2) is 37.6 Å². The first kappa shape index (κ1) is 14.5. The van der Waals surface area contributed by atoms with Crippen molar-refractivity contribution in [3.8, 4) is 0 Å². The van der Waals surface area contributed by atoms with Gasteiger partial charge in [-0.05, 0) is 43.4 Å². The van der Waals surface area contributed by atoms with E-state index in [9.17, 15) is 4.79 Å². The molecule has 0 radical (unpaired) electrons. The van der Waals surface area contributed by atoms with Crippen molar-refractivity contribution in [3.05, 3.63) is 33.8 Å². The van der Waals surface area contributed by atoms with Gasteiger partial charge in [0.1, 0.15) is 0 Å². The van der Waals surface area contributed by atoms with Gasteiger partial charge in [0.25, 0.3) is 5.91 Å². The Morgan fingerprint density at radius 1 is 1.47 bits per heavy atom. The normalized spacial score (nSPS) is 14.5. The minimum Gasteiger partial charge on any atom is -0.379 e. The van der Waals surface area contributed by atoms with E-state index in [1.54, 1.807) is 4.90 Å². The Morgan fingerprint density at radius 3 is 2.89 bits per heavy atom. The maximum atomic E-state index is 12.3. The van der Waals surface area contributed by atoms with Crippen LogP contribution < -0.4 is 0 Å². The Hall–Kier alpha value is -0.870. The first-order valence-electron chi connectivity index (χ1n) is 6.68. The van der Waals surface area contributed by atoms with Crippen LogP contribution in [0.1, 0.15) is 28.8 Å². The SMILES string of the molecule is Cc1c(Br)cccc1C(=O)N(C)CCOCC1CC1. The third-order valence-corrected chi connectivity index (χ3v) is 4.33. The summed E-state index contributed by atoms with van der Waals surface area (Å²) in [4.78, 5) is 14.0. The van der Waals surface area contributed by atoms with E-state index < -0.39 is 0 Å². The van der Waals surface area contributed by atoms with Gasteiger partial charge in [-0.1, -0.05) is 22.0 Å². The highest BCUT2D eigenvalue weighted by Crippen LogP contribution is 2.28. The van der Waals surface area contributed by atoms with E-state index in [-0.39, 0.29) is 5.91 Å². The van der Waals surface area contributed by atoms with Crippen LogP contribution in [0.5, 0.6) is 0 Å². The molecule has 3 nitrogen and oxygen atoms in total. The van der Waals surface area contributed by atoms with E-state index in [0.29, 0.717) is 13.2 Å². The number of carbonyl (C=O) groups is 1. The van der Waals surface area contributed by atoms with Crippen molar-refractivity contribution >= 4 is 21.8 Å². The molecule has 0 bridgehead atoms. The van der Waals surface area contributed by atoms with Gasteiger partial charge in [-0.3, -0.25) is 4.79 Å². The number of amides is 1. The number of carbonyl (C=O) groups excluding carboxylic acids is 1. The fourth-order valence-electron chi connectivity index (χ4n) is 1.88. The number of hydrogen-bond acceptors (Lipinski definition) is 2. The maximum absolute atomic E-state index is 12.3. The lowest BCUT2D eigenvalue weighted by atomic mass is 10.1. The predicted octanol–water partition coefficient (Wildman–Crippen LogP) is 3.26. The van der Waals surface area contributed by atoms with Crippen LogP contribution in [0.15, 0.2) is 22.7 Å². The zero-order valence-electron chi connectivity index (χ0n) is 11.5. The van der Waals surface area contributed by atoms with E-state index in [1.165, 1.54) is 12.8 Å². The standard InChI is InChI=1S/C15H20BrNO2/c1-11-13(4-3-5-14(11)16)15(18)17(2)8-9-19-10-12-6-7-12/h3-5,12H,6-10H2,1-2H3. The van der Waals surface area contributed by atoms with Gasteiger partial charge in [-0.15, -0.1) is 0 Å². The van der Waals surface area contributed by atoms with Gasteiger partial charge in [0.15, 0.2) is 0 Å². The molecule has 1 amide bonds. The van der Waals surface area contributed by atoms with Crippen LogP contribution in [0.2, 0.25) is 0 Å². The van der Waals surface area contributed by atoms with Gasteiger partial charge < -0.3 is 9.64 Å². The molecule has 0 heterocycles. The number of likely N-dealkylation sites (N-methyl/N-ethyl adjacent to an activating group) is 1.